The molecule has 0 rings (SSSR count). The van der Waals surface area contributed by atoms with Crippen molar-refractivity contribution in [2.75, 3.05) is 18.1 Å². The van der Waals surface area contributed by atoms with Crippen molar-refractivity contribution < 1.29 is 24.9 Å². The minimum atomic E-state index is -1.33. The van der Waals surface area contributed by atoms with Crippen molar-refractivity contribution >= 4 is 29.5 Å². The highest BCUT2D eigenvalue weighted by Gasteiger charge is 2.32. The summed E-state index contributed by atoms with van der Waals surface area (Å²) in [5, 5.41) is 30.4. The number of carbonyl (C=O) groups is 1. The molecular formula is C19H38O5S2. The molecule has 0 aromatic heterocycles. The first-order valence-electron chi connectivity index (χ1n) is 9.90. The highest BCUT2D eigenvalue weighted by molar-refractivity contribution is 8.17. The van der Waals surface area contributed by atoms with Gasteiger partial charge >= 0.3 is 5.97 Å². The van der Waals surface area contributed by atoms with Crippen LogP contribution in [0.25, 0.3) is 0 Å². The number of thioether (sulfide) groups is 2. The van der Waals surface area contributed by atoms with Gasteiger partial charge in [0.2, 0.25) is 0 Å². The summed E-state index contributed by atoms with van der Waals surface area (Å²) in [6, 6.07) is 0. The summed E-state index contributed by atoms with van der Waals surface area (Å²) >= 11 is 3.07. The molecule has 0 aliphatic rings. The predicted molar refractivity (Wildman–Crippen MR) is 112 cm³/mol. The first-order chi connectivity index (χ1) is 12.5. The molecule has 0 radical (unpaired) electrons. The first kappa shape index (κ1) is 26.1. The molecule has 5 nitrogen and oxygen atoms in total. The van der Waals surface area contributed by atoms with Crippen molar-refractivity contribution in [1.29, 1.82) is 0 Å². The molecule has 0 spiro atoms. The molecule has 0 fully saturated rings. The molecule has 0 aromatic carbocycles. The fourth-order valence-corrected chi connectivity index (χ4v) is 5.11. The number of carbonyl (C=O) groups excluding carboxylic acids is 1. The van der Waals surface area contributed by atoms with E-state index in [0.717, 1.165) is 30.8 Å². The van der Waals surface area contributed by atoms with Crippen molar-refractivity contribution in [1.82, 2.24) is 0 Å². The Hall–Kier alpha value is 0.0500. The van der Waals surface area contributed by atoms with Crippen LogP contribution in [0.4, 0.5) is 0 Å². The maximum atomic E-state index is 11.7. The van der Waals surface area contributed by atoms with E-state index in [4.69, 9.17) is 4.74 Å². The Labute approximate surface area is 167 Å². The van der Waals surface area contributed by atoms with Crippen molar-refractivity contribution in [2.45, 2.75) is 95.0 Å². The third-order valence-electron chi connectivity index (χ3n) is 4.08. The normalized spacial score (nSPS) is 15.0. The summed E-state index contributed by atoms with van der Waals surface area (Å²) in [6.07, 6.45) is 4.53. The second-order valence-corrected chi connectivity index (χ2v) is 9.52. The fourth-order valence-electron chi connectivity index (χ4n) is 2.54. The average molecular weight is 411 g/mol. The lowest BCUT2D eigenvalue weighted by molar-refractivity contribution is -0.151. The number of ether oxygens (including phenoxy) is 1. The molecule has 3 N–H and O–H groups in total. The SMILES string of the molecule is CCCCCCCCCC(=O)OC[C@H](O)[C@H](O)[C@@H](O)C(SCC)SCC. The van der Waals surface area contributed by atoms with Crippen LogP contribution in [0, 0.1) is 0 Å². The largest absolute Gasteiger partial charge is 0.463 e. The lowest BCUT2D eigenvalue weighted by Crippen LogP contribution is -2.44. The summed E-state index contributed by atoms with van der Waals surface area (Å²) < 4.78 is 4.84. The van der Waals surface area contributed by atoms with Gasteiger partial charge in [-0.15, -0.1) is 23.5 Å². The average Bonchev–Trinajstić information content (AvgIpc) is 2.64. The highest BCUT2D eigenvalue weighted by Crippen LogP contribution is 2.28. The quantitative estimate of drug-likeness (QED) is 0.192. The zero-order valence-electron chi connectivity index (χ0n) is 16.6. The number of hydrogen-bond donors (Lipinski definition) is 3. The molecule has 0 heterocycles. The molecule has 0 aliphatic carbocycles. The summed E-state index contributed by atoms with van der Waals surface area (Å²) in [4.78, 5) is 11.7. The second kappa shape index (κ2) is 17.2. The Morgan fingerprint density at radius 3 is 1.92 bits per heavy atom. The van der Waals surface area contributed by atoms with E-state index in [1.807, 2.05) is 13.8 Å². The Kier molecular flexibility index (Phi) is 17.2. The molecule has 26 heavy (non-hydrogen) atoms. The van der Waals surface area contributed by atoms with Crippen LogP contribution in [-0.4, -0.2) is 62.3 Å². The maximum Gasteiger partial charge on any atom is 0.305 e. The smallest absolute Gasteiger partial charge is 0.305 e. The van der Waals surface area contributed by atoms with Crippen LogP contribution < -0.4 is 0 Å². The second-order valence-electron chi connectivity index (χ2n) is 6.38. The van der Waals surface area contributed by atoms with Crippen molar-refractivity contribution in [3.05, 3.63) is 0 Å². The van der Waals surface area contributed by atoms with Crippen LogP contribution in [0.15, 0.2) is 0 Å². The molecule has 0 saturated heterocycles. The molecule has 0 aliphatic heterocycles. The summed E-state index contributed by atoms with van der Waals surface area (Å²) in [7, 11) is 0. The molecule has 156 valence electrons. The number of hydrogen-bond acceptors (Lipinski definition) is 7. The van der Waals surface area contributed by atoms with E-state index in [0.29, 0.717) is 6.42 Å². The van der Waals surface area contributed by atoms with E-state index in [2.05, 4.69) is 6.92 Å². The Morgan fingerprint density at radius 1 is 0.846 bits per heavy atom. The lowest BCUT2D eigenvalue weighted by Gasteiger charge is -2.28. The van der Waals surface area contributed by atoms with Gasteiger partial charge in [0.15, 0.2) is 0 Å². The molecule has 3 atom stereocenters. The van der Waals surface area contributed by atoms with E-state index < -0.39 is 18.3 Å². The summed E-state index contributed by atoms with van der Waals surface area (Å²) in [6.45, 7) is 5.86. The fraction of sp³-hybridized carbons (Fsp3) is 0.947. The first-order valence-corrected chi connectivity index (χ1v) is 12.0. The van der Waals surface area contributed by atoms with E-state index in [1.54, 1.807) is 0 Å². The van der Waals surface area contributed by atoms with Crippen LogP contribution in [0.5, 0.6) is 0 Å². The highest BCUT2D eigenvalue weighted by atomic mass is 32.2. The standard InChI is InChI=1S/C19H38O5S2/c1-4-7-8-9-10-11-12-13-16(21)24-14-15(20)17(22)18(23)19(25-5-2)26-6-3/h15,17-20,22-23H,4-14H2,1-3H3/t15-,17-,18+/m0/s1. The molecule has 0 unspecified atom stereocenters. The van der Waals surface area contributed by atoms with Crippen molar-refractivity contribution in [3.8, 4) is 0 Å². The summed E-state index contributed by atoms with van der Waals surface area (Å²) in [5.41, 5.74) is 0. The van der Waals surface area contributed by atoms with E-state index in [-0.39, 0.29) is 17.2 Å². The van der Waals surface area contributed by atoms with Gasteiger partial charge in [-0.3, -0.25) is 4.79 Å². The zero-order valence-corrected chi connectivity index (χ0v) is 18.2. The maximum absolute atomic E-state index is 11.7. The third-order valence-corrected chi connectivity index (χ3v) is 6.78. The van der Waals surface area contributed by atoms with Gasteiger partial charge in [-0.2, -0.15) is 0 Å². The Morgan fingerprint density at radius 2 is 1.38 bits per heavy atom. The molecule has 0 saturated carbocycles. The molecule has 7 heteroatoms. The zero-order chi connectivity index (χ0) is 19.8. The molecule has 0 amide bonds. The Bertz CT molecular complexity index is 338. The minimum Gasteiger partial charge on any atom is -0.463 e. The van der Waals surface area contributed by atoms with Gasteiger partial charge < -0.3 is 20.1 Å². The number of esters is 1. The van der Waals surface area contributed by atoms with Gasteiger partial charge in [0.1, 0.15) is 24.9 Å². The van der Waals surface area contributed by atoms with Crippen LogP contribution in [-0.2, 0) is 9.53 Å². The van der Waals surface area contributed by atoms with Crippen LogP contribution in [0.3, 0.4) is 0 Å². The number of unbranched alkanes of at least 4 members (excludes halogenated alkanes) is 6. The van der Waals surface area contributed by atoms with Gasteiger partial charge in [0.25, 0.3) is 0 Å². The number of aliphatic hydroxyl groups is 3. The van der Waals surface area contributed by atoms with Gasteiger partial charge in [0, 0.05) is 6.42 Å². The van der Waals surface area contributed by atoms with Crippen molar-refractivity contribution in [2.24, 2.45) is 0 Å². The van der Waals surface area contributed by atoms with Gasteiger partial charge in [-0.05, 0) is 17.9 Å². The molecule has 0 bridgehead atoms. The van der Waals surface area contributed by atoms with E-state index in [9.17, 15) is 20.1 Å². The number of aliphatic hydroxyl groups excluding tert-OH is 3. The Balaban J connectivity index is 3.99. The van der Waals surface area contributed by atoms with Crippen LogP contribution >= 0.6 is 23.5 Å². The van der Waals surface area contributed by atoms with Crippen molar-refractivity contribution in [3.63, 3.8) is 0 Å². The molecular weight excluding hydrogens is 372 g/mol. The monoisotopic (exact) mass is 410 g/mol. The van der Waals surface area contributed by atoms with Gasteiger partial charge in [-0.25, -0.2) is 0 Å². The van der Waals surface area contributed by atoms with E-state index in [1.165, 1.54) is 49.2 Å². The van der Waals surface area contributed by atoms with Gasteiger partial charge in [0.05, 0.1) is 4.58 Å². The predicted octanol–water partition coefficient (Wildman–Crippen LogP) is 3.59. The summed E-state index contributed by atoms with van der Waals surface area (Å²) in [5.74, 6) is 1.26. The number of rotatable bonds is 17. The van der Waals surface area contributed by atoms with E-state index >= 15 is 0 Å². The molecule has 0 aromatic rings. The minimum absolute atomic E-state index is 0.210. The van der Waals surface area contributed by atoms with Crippen LogP contribution in [0.1, 0.15) is 72.1 Å². The topological polar surface area (TPSA) is 87.0 Å². The third kappa shape index (κ3) is 12.4. The van der Waals surface area contributed by atoms with Crippen LogP contribution in [0.2, 0.25) is 0 Å². The van der Waals surface area contributed by atoms with Gasteiger partial charge in [-0.1, -0.05) is 59.3 Å². The lowest BCUT2D eigenvalue weighted by atomic mass is 10.1.